The number of benzene rings is 1. The first-order chi connectivity index (χ1) is 16.5. The normalized spacial score (nSPS) is 17.8. The Balaban J connectivity index is 1.60. The van der Waals surface area contributed by atoms with E-state index in [4.69, 9.17) is 17.0 Å². The van der Waals surface area contributed by atoms with Crippen molar-refractivity contribution in [3.63, 3.8) is 0 Å². The molecule has 1 aliphatic rings. The number of rotatable bonds is 6. The summed E-state index contributed by atoms with van der Waals surface area (Å²) in [5.74, 6) is 1.70. The lowest BCUT2D eigenvalue weighted by atomic mass is 10.0. The second-order valence-electron chi connectivity index (χ2n) is 8.65. The summed E-state index contributed by atoms with van der Waals surface area (Å²) in [6, 6.07) is 22.1. The molecular weight excluding hydrogens is 442 g/mol. The van der Waals surface area contributed by atoms with Crippen LogP contribution in [-0.2, 0) is 0 Å². The molecule has 0 amide bonds. The quantitative estimate of drug-likeness (QED) is 0.374. The van der Waals surface area contributed by atoms with Crippen molar-refractivity contribution in [3.05, 3.63) is 102 Å². The van der Waals surface area contributed by atoms with Crippen LogP contribution in [0.1, 0.15) is 42.9 Å². The zero-order valence-electron chi connectivity index (χ0n) is 19.4. The van der Waals surface area contributed by atoms with Gasteiger partial charge in [0.25, 0.3) is 0 Å². The zero-order valence-corrected chi connectivity index (χ0v) is 20.2. The van der Waals surface area contributed by atoms with Crippen molar-refractivity contribution in [2.24, 2.45) is 0 Å². The van der Waals surface area contributed by atoms with Crippen LogP contribution in [0.5, 0.6) is 5.75 Å². The van der Waals surface area contributed by atoms with Crippen LogP contribution in [0.15, 0.2) is 85.3 Å². The molecule has 1 aliphatic heterocycles. The van der Waals surface area contributed by atoms with Crippen molar-refractivity contribution >= 4 is 23.0 Å². The Morgan fingerprint density at radius 2 is 1.79 bits per heavy atom. The van der Waals surface area contributed by atoms with Crippen LogP contribution in [0.2, 0.25) is 0 Å². The summed E-state index contributed by atoms with van der Waals surface area (Å²) in [6.07, 6.45) is 5.87. The number of pyridine rings is 2. The lowest BCUT2D eigenvalue weighted by molar-refractivity contribution is 0.242. The van der Waals surface area contributed by atoms with Gasteiger partial charge >= 0.3 is 0 Å². The van der Waals surface area contributed by atoms with E-state index >= 15 is 0 Å². The van der Waals surface area contributed by atoms with Crippen LogP contribution >= 0.6 is 12.2 Å². The molecule has 0 saturated carbocycles. The molecule has 7 heteroatoms. The highest BCUT2D eigenvalue weighted by atomic mass is 32.1. The predicted molar refractivity (Wildman–Crippen MR) is 138 cm³/mol. The maximum Gasteiger partial charge on any atom is 0.174 e. The summed E-state index contributed by atoms with van der Waals surface area (Å²) in [6.45, 7) is 6.08. The zero-order chi connectivity index (χ0) is 23.7. The molecule has 0 aliphatic carbocycles. The second kappa shape index (κ2) is 9.27. The number of hydrogen-bond donors (Lipinski definition) is 1. The van der Waals surface area contributed by atoms with Gasteiger partial charge in [0, 0.05) is 30.0 Å². The summed E-state index contributed by atoms with van der Waals surface area (Å²) in [5, 5.41) is 4.18. The number of aromatic nitrogens is 3. The summed E-state index contributed by atoms with van der Waals surface area (Å²) in [4.78, 5) is 11.5. The number of hydrogen-bond acceptors (Lipinski definition) is 4. The van der Waals surface area contributed by atoms with E-state index in [0.29, 0.717) is 5.11 Å². The summed E-state index contributed by atoms with van der Waals surface area (Å²) in [7, 11) is 0. The van der Waals surface area contributed by atoms with Gasteiger partial charge in [-0.3, -0.25) is 4.98 Å². The molecule has 5 rings (SSSR count). The van der Waals surface area contributed by atoms with Crippen molar-refractivity contribution in [1.82, 2.24) is 19.9 Å². The van der Waals surface area contributed by atoms with Gasteiger partial charge in [0.1, 0.15) is 17.6 Å². The third-order valence-electron chi connectivity index (χ3n) is 5.81. The van der Waals surface area contributed by atoms with Crippen molar-refractivity contribution in [2.75, 3.05) is 4.90 Å². The molecule has 2 atom stereocenters. The van der Waals surface area contributed by atoms with Gasteiger partial charge in [0.05, 0.1) is 17.8 Å². The van der Waals surface area contributed by atoms with E-state index in [1.165, 1.54) is 0 Å². The van der Waals surface area contributed by atoms with Gasteiger partial charge in [0.2, 0.25) is 0 Å². The number of aryl methyl sites for hydroxylation is 1. The van der Waals surface area contributed by atoms with Crippen molar-refractivity contribution < 1.29 is 4.74 Å². The highest BCUT2D eigenvalue weighted by molar-refractivity contribution is 7.80. The molecule has 0 bridgehead atoms. The molecule has 172 valence electrons. The monoisotopic (exact) mass is 469 g/mol. The third kappa shape index (κ3) is 4.26. The number of thiocarbonyl (C=S) groups is 1. The minimum atomic E-state index is -0.127. The van der Waals surface area contributed by atoms with Gasteiger partial charge in [-0.2, -0.15) is 0 Å². The SMILES string of the molecule is Cc1ccc(-n2cccc2[C@@H]2[C@@H](c3ccccn3)NC(=S)N2c2ccc(OC(C)C)cc2)nc1. The van der Waals surface area contributed by atoms with Gasteiger partial charge in [-0.15, -0.1) is 0 Å². The lowest BCUT2D eigenvalue weighted by Gasteiger charge is -2.29. The highest BCUT2D eigenvalue weighted by Crippen LogP contribution is 2.42. The number of nitrogens with zero attached hydrogens (tertiary/aromatic N) is 4. The highest BCUT2D eigenvalue weighted by Gasteiger charge is 2.42. The van der Waals surface area contributed by atoms with Crippen LogP contribution in [0, 0.1) is 6.92 Å². The van der Waals surface area contributed by atoms with Crippen molar-refractivity contribution in [2.45, 2.75) is 39.0 Å². The molecule has 4 aromatic rings. The van der Waals surface area contributed by atoms with E-state index in [2.05, 4.69) is 49.0 Å². The van der Waals surface area contributed by atoms with Gasteiger partial charge in [-0.1, -0.05) is 12.1 Å². The number of nitrogens with one attached hydrogen (secondary N) is 1. The topological polar surface area (TPSA) is 55.2 Å². The minimum absolute atomic E-state index is 0.118. The Hall–Kier alpha value is -3.71. The summed E-state index contributed by atoms with van der Waals surface area (Å²) in [5.41, 5.74) is 4.11. The Kier molecular flexibility index (Phi) is 6.02. The molecule has 0 spiro atoms. The average molecular weight is 470 g/mol. The Labute approximate surface area is 205 Å². The largest absolute Gasteiger partial charge is 0.491 e. The van der Waals surface area contributed by atoms with Crippen LogP contribution in [0.25, 0.3) is 5.82 Å². The molecule has 1 N–H and O–H groups in total. The van der Waals surface area contributed by atoms with Crippen LogP contribution in [0.4, 0.5) is 5.69 Å². The standard InChI is InChI=1S/C27H27N5OS/c1-18(2)33-21-12-10-20(11-13-21)32-26(25(30-27(32)34)22-7-4-5-15-28-22)23-8-6-16-31(23)24-14-9-19(3)17-29-24/h4-18,25-26H,1-3H3,(H,30,34)/t25-,26-/m1/s1. The van der Waals surface area contributed by atoms with Crippen molar-refractivity contribution in [3.8, 4) is 11.6 Å². The average Bonchev–Trinajstić information content (AvgIpc) is 3.45. The van der Waals surface area contributed by atoms with Crippen LogP contribution in [0.3, 0.4) is 0 Å². The third-order valence-corrected chi connectivity index (χ3v) is 6.13. The molecule has 4 heterocycles. The second-order valence-corrected chi connectivity index (χ2v) is 9.04. The summed E-state index contributed by atoms with van der Waals surface area (Å²) >= 11 is 5.86. The molecule has 6 nitrogen and oxygen atoms in total. The van der Waals surface area contributed by atoms with Gasteiger partial charge < -0.3 is 19.5 Å². The van der Waals surface area contributed by atoms with Crippen LogP contribution < -0.4 is 15.0 Å². The Morgan fingerprint density at radius 3 is 2.47 bits per heavy atom. The molecule has 1 saturated heterocycles. The lowest BCUT2D eigenvalue weighted by Crippen LogP contribution is -2.30. The maximum absolute atomic E-state index is 5.86. The molecular formula is C27H27N5OS. The molecule has 0 unspecified atom stereocenters. The minimum Gasteiger partial charge on any atom is -0.491 e. The molecule has 1 aromatic carbocycles. The molecule has 34 heavy (non-hydrogen) atoms. The van der Waals surface area contributed by atoms with E-state index < -0.39 is 0 Å². The van der Waals surface area contributed by atoms with E-state index in [-0.39, 0.29) is 18.2 Å². The first-order valence-electron chi connectivity index (χ1n) is 11.4. The van der Waals surface area contributed by atoms with Crippen molar-refractivity contribution in [1.29, 1.82) is 0 Å². The summed E-state index contributed by atoms with van der Waals surface area (Å²) < 4.78 is 7.97. The van der Waals surface area contributed by atoms with Crippen LogP contribution in [-0.4, -0.2) is 25.8 Å². The molecule has 3 aromatic heterocycles. The fraction of sp³-hybridized carbons (Fsp3) is 0.222. The number of anilines is 1. The maximum atomic E-state index is 5.86. The van der Waals surface area contributed by atoms with E-state index in [9.17, 15) is 0 Å². The first-order valence-corrected chi connectivity index (χ1v) is 11.8. The van der Waals surface area contributed by atoms with E-state index in [1.807, 2.05) is 81.8 Å². The molecule has 0 radical (unpaired) electrons. The van der Waals surface area contributed by atoms with E-state index in [1.54, 1.807) is 0 Å². The Bertz CT molecular complexity index is 1270. The number of ether oxygens (including phenoxy) is 1. The van der Waals surface area contributed by atoms with E-state index in [0.717, 1.165) is 34.2 Å². The smallest absolute Gasteiger partial charge is 0.174 e. The van der Waals surface area contributed by atoms with Gasteiger partial charge in [-0.05, 0) is 93.1 Å². The fourth-order valence-corrected chi connectivity index (χ4v) is 4.68. The first kappa shape index (κ1) is 22.1. The van der Waals surface area contributed by atoms with Gasteiger partial charge in [-0.25, -0.2) is 4.98 Å². The Morgan fingerprint density at radius 1 is 0.971 bits per heavy atom. The van der Waals surface area contributed by atoms with Gasteiger partial charge in [0.15, 0.2) is 5.11 Å². The fourth-order valence-electron chi connectivity index (χ4n) is 4.34. The molecule has 1 fully saturated rings. The predicted octanol–water partition coefficient (Wildman–Crippen LogP) is 5.54.